The van der Waals surface area contributed by atoms with E-state index < -0.39 is 0 Å². The van der Waals surface area contributed by atoms with Gasteiger partial charge < -0.3 is 4.42 Å². The molecule has 3 heteroatoms. The Morgan fingerprint density at radius 2 is 1.96 bits per heavy atom. The molecule has 2 heterocycles. The molecule has 134 valence electrons. The van der Waals surface area contributed by atoms with E-state index in [1.807, 2.05) is 44.4 Å². The molecule has 0 N–H and O–H groups in total. The van der Waals surface area contributed by atoms with Crippen molar-refractivity contribution in [3.05, 3.63) is 65.4 Å². The Morgan fingerprint density at radius 1 is 1.15 bits per heavy atom. The smallest absolute Gasteiger partial charge is 0.216 e. The maximum atomic E-state index is 9.77. The number of fused-ring (bicyclic) bond motifs is 3. The highest BCUT2D eigenvalue weighted by atomic mass is 16.3. The van der Waals surface area contributed by atoms with Crippen LogP contribution in [0, 0.1) is 24.2 Å². The van der Waals surface area contributed by atoms with E-state index in [0.717, 1.165) is 45.2 Å². The molecule has 0 fully saturated rings. The van der Waals surface area contributed by atoms with Gasteiger partial charge in [-0.1, -0.05) is 19.9 Å². The van der Waals surface area contributed by atoms with E-state index in [4.69, 9.17) is 4.42 Å². The standard InChI is InChI=1S/C24H23N2O/c1-15(2)11-17-8-9-21-19(13-17)23-18(14-25)12-16(3)22(24(23)27-21)20-7-5-6-10-26(20)4/h5-10,12-13,15H,11H2,1-4H3/q+1. The van der Waals surface area contributed by atoms with Crippen LogP contribution in [-0.2, 0) is 13.5 Å². The molecule has 0 radical (unpaired) electrons. The van der Waals surface area contributed by atoms with Crippen LogP contribution in [0.1, 0.15) is 30.5 Å². The number of hydrogen-bond donors (Lipinski definition) is 0. The summed E-state index contributed by atoms with van der Waals surface area (Å²) in [6, 6.07) is 16.8. The molecule has 0 unspecified atom stereocenters. The second-order valence-electron chi connectivity index (χ2n) is 7.66. The molecule has 27 heavy (non-hydrogen) atoms. The Bertz CT molecular complexity index is 1210. The molecular formula is C24H23N2O+. The van der Waals surface area contributed by atoms with Crippen molar-refractivity contribution in [2.75, 3.05) is 0 Å². The average Bonchev–Trinajstić information content (AvgIpc) is 3.00. The second kappa shape index (κ2) is 6.55. The maximum absolute atomic E-state index is 9.77. The molecule has 3 nitrogen and oxygen atoms in total. The molecule has 0 saturated carbocycles. The van der Waals surface area contributed by atoms with Gasteiger partial charge in [-0.2, -0.15) is 5.26 Å². The highest BCUT2D eigenvalue weighted by Gasteiger charge is 2.23. The molecule has 2 aromatic heterocycles. The van der Waals surface area contributed by atoms with Crippen LogP contribution in [-0.4, -0.2) is 0 Å². The van der Waals surface area contributed by atoms with E-state index in [1.165, 1.54) is 5.56 Å². The van der Waals surface area contributed by atoms with Crippen LogP contribution in [0.2, 0.25) is 0 Å². The van der Waals surface area contributed by atoms with Crippen molar-refractivity contribution in [3.8, 4) is 17.3 Å². The van der Waals surface area contributed by atoms with Crippen LogP contribution < -0.4 is 4.57 Å². The minimum absolute atomic E-state index is 0.581. The summed E-state index contributed by atoms with van der Waals surface area (Å²) in [5.74, 6) is 0.581. The summed E-state index contributed by atoms with van der Waals surface area (Å²) in [6.07, 6.45) is 3.04. The van der Waals surface area contributed by atoms with Gasteiger partial charge in [0, 0.05) is 22.9 Å². The molecular weight excluding hydrogens is 332 g/mol. The Kier molecular flexibility index (Phi) is 4.20. The fourth-order valence-corrected chi connectivity index (χ4v) is 3.92. The van der Waals surface area contributed by atoms with E-state index in [1.54, 1.807) is 0 Å². The van der Waals surface area contributed by atoms with E-state index in [0.29, 0.717) is 11.5 Å². The summed E-state index contributed by atoms with van der Waals surface area (Å²) < 4.78 is 8.40. The number of nitrogens with zero attached hydrogens (tertiary/aromatic N) is 2. The highest BCUT2D eigenvalue weighted by Crippen LogP contribution is 2.39. The third kappa shape index (κ3) is 2.88. The molecule has 4 aromatic rings. The first-order valence-electron chi connectivity index (χ1n) is 9.33. The Morgan fingerprint density at radius 3 is 2.67 bits per heavy atom. The topological polar surface area (TPSA) is 40.8 Å². The maximum Gasteiger partial charge on any atom is 0.216 e. The number of nitriles is 1. The zero-order valence-electron chi connectivity index (χ0n) is 16.2. The Balaban J connectivity index is 2.11. The first-order chi connectivity index (χ1) is 13.0. The van der Waals surface area contributed by atoms with Gasteiger partial charge in [-0.3, -0.25) is 0 Å². The van der Waals surface area contributed by atoms with Crippen LogP contribution in [0.3, 0.4) is 0 Å². The molecule has 0 aliphatic carbocycles. The third-order valence-corrected chi connectivity index (χ3v) is 5.08. The molecule has 0 amide bonds. The molecule has 0 aliphatic heterocycles. The third-order valence-electron chi connectivity index (χ3n) is 5.08. The lowest BCUT2D eigenvalue weighted by Crippen LogP contribution is -2.30. The largest absolute Gasteiger partial charge is 0.455 e. The van der Waals surface area contributed by atoms with Gasteiger partial charge in [0.05, 0.1) is 17.2 Å². The van der Waals surface area contributed by atoms with Crippen LogP contribution in [0.5, 0.6) is 0 Å². The lowest BCUT2D eigenvalue weighted by atomic mass is 9.95. The van der Waals surface area contributed by atoms with Crippen LogP contribution in [0.4, 0.5) is 0 Å². The van der Waals surface area contributed by atoms with Crippen molar-refractivity contribution in [1.29, 1.82) is 5.26 Å². The van der Waals surface area contributed by atoms with Gasteiger partial charge >= 0.3 is 0 Å². The van der Waals surface area contributed by atoms with Gasteiger partial charge in [0.2, 0.25) is 5.69 Å². The lowest BCUT2D eigenvalue weighted by Gasteiger charge is -2.07. The molecule has 0 aliphatic rings. The zero-order valence-corrected chi connectivity index (χ0v) is 16.2. The van der Waals surface area contributed by atoms with Gasteiger partial charge in [0.15, 0.2) is 11.8 Å². The van der Waals surface area contributed by atoms with Gasteiger partial charge in [0.25, 0.3) is 0 Å². The number of hydrogen-bond acceptors (Lipinski definition) is 2. The van der Waals surface area contributed by atoms with E-state index >= 15 is 0 Å². The normalized spacial score (nSPS) is 11.4. The van der Waals surface area contributed by atoms with Gasteiger partial charge in [-0.05, 0) is 54.7 Å². The first kappa shape index (κ1) is 17.3. The molecule has 0 atom stereocenters. The summed E-state index contributed by atoms with van der Waals surface area (Å²) in [7, 11) is 2.03. The zero-order chi connectivity index (χ0) is 19.1. The number of pyridine rings is 1. The Hall–Kier alpha value is -3.12. The number of aryl methyl sites for hydroxylation is 2. The number of rotatable bonds is 3. The van der Waals surface area contributed by atoms with Gasteiger partial charge in [-0.15, -0.1) is 0 Å². The summed E-state index contributed by atoms with van der Waals surface area (Å²) in [5.41, 5.74) is 6.74. The van der Waals surface area contributed by atoms with E-state index in [2.05, 4.69) is 42.7 Å². The SMILES string of the molecule is Cc1cc(C#N)c2c(oc3ccc(CC(C)C)cc32)c1-c1cccc[n+]1C. The number of aromatic nitrogens is 1. The Labute approximate surface area is 159 Å². The van der Waals surface area contributed by atoms with Gasteiger partial charge in [0.1, 0.15) is 12.6 Å². The highest BCUT2D eigenvalue weighted by molar-refractivity contribution is 6.12. The van der Waals surface area contributed by atoms with Crippen molar-refractivity contribution in [2.45, 2.75) is 27.2 Å². The van der Waals surface area contributed by atoms with Crippen LogP contribution in [0.25, 0.3) is 33.2 Å². The van der Waals surface area contributed by atoms with Crippen molar-refractivity contribution < 1.29 is 8.98 Å². The molecule has 2 aromatic carbocycles. The van der Waals surface area contributed by atoms with Crippen molar-refractivity contribution in [3.63, 3.8) is 0 Å². The lowest BCUT2D eigenvalue weighted by molar-refractivity contribution is -0.660. The fourth-order valence-electron chi connectivity index (χ4n) is 3.92. The molecule has 4 rings (SSSR count). The fraction of sp³-hybridized carbons (Fsp3) is 0.250. The second-order valence-corrected chi connectivity index (χ2v) is 7.66. The van der Waals surface area contributed by atoms with E-state index in [-0.39, 0.29) is 0 Å². The number of furan rings is 1. The average molecular weight is 355 g/mol. The van der Waals surface area contributed by atoms with Crippen molar-refractivity contribution >= 4 is 21.9 Å². The summed E-state index contributed by atoms with van der Waals surface area (Å²) in [4.78, 5) is 0. The predicted molar refractivity (Wildman–Crippen MR) is 108 cm³/mol. The van der Waals surface area contributed by atoms with E-state index in [9.17, 15) is 5.26 Å². The summed E-state index contributed by atoms with van der Waals surface area (Å²) >= 11 is 0. The van der Waals surface area contributed by atoms with Crippen molar-refractivity contribution in [1.82, 2.24) is 0 Å². The molecule has 0 spiro atoms. The van der Waals surface area contributed by atoms with Gasteiger partial charge in [-0.25, -0.2) is 4.57 Å². The molecule has 0 bridgehead atoms. The number of benzene rings is 2. The summed E-state index contributed by atoms with van der Waals surface area (Å²) in [5, 5.41) is 11.7. The predicted octanol–water partition coefficient (Wildman–Crippen LogP) is 5.46. The monoisotopic (exact) mass is 355 g/mol. The molecule has 0 saturated heterocycles. The summed E-state index contributed by atoms with van der Waals surface area (Å²) in [6.45, 7) is 6.48. The van der Waals surface area contributed by atoms with Crippen LogP contribution >= 0.6 is 0 Å². The van der Waals surface area contributed by atoms with Crippen LogP contribution in [0.15, 0.2) is 53.1 Å². The minimum Gasteiger partial charge on any atom is -0.455 e. The first-order valence-corrected chi connectivity index (χ1v) is 9.33. The van der Waals surface area contributed by atoms with Crippen molar-refractivity contribution in [2.24, 2.45) is 13.0 Å². The minimum atomic E-state index is 0.581. The quantitative estimate of drug-likeness (QED) is 0.458.